The maximum Gasteiger partial charge on any atom is 0.138 e. The van der Waals surface area contributed by atoms with Crippen molar-refractivity contribution in [1.82, 2.24) is 20.1 Å². The zero-order chi connectivity index (χ0) is 14.7. The van der Waals surface area contributed by atoms with Crippen molar-refractivity contribution in [1.29, 1.82) is 0 Å². The third kappa shape index (κ3) is 2.72. The lowest BCUT2D eigenvalue weighted by Gasteiger charge is -2.28. The molecule has 1 aromatic heterocycles. The highest BCUT2D eigenvalue weighted by molar-refractivity contribution is 5.34. The molecular weight excluding hydrogens is 260 g/mol. The Morgan fingerprint density at radius 3 is 2.62 bits per heavy atom. The summed E-state index contributed by atoms with van der Waals surface area (Å²) in [7, 11) is 0. The molecule has 2 aromatic rings. The van der Waals surface area contributed by atoms with Gasteiger partial charge in [0.25, 0.3) is 0 Å². The Morgan fingerprint density at radius 2 is 2.00 bits per heavy atom. The van der Waals surface area contributed by atoms with Crippen molar-refractivity contribution in [3.63, 3.8) is 0 Å². The normalized spacial score (nSPS) is 17.6. The molecule has 0 radical (unpaired) electrons. The quantitative estimate of drug-likeness (QED) is 0.849. The van der Waals surface area contributed by atoms with Gasteiger partial charge >= 0.3 is 0 Å². The van der Waals surface area contributed by atoms with Crippen LogP contribution in [0.25, 0.3) is 0 Å². The van der Waals surface area contributed by atoms with E-state index >= 15 is 0 Å². The fraction of sp³-hybridized carbons (Fsp3) is 0.529. The van der Waals surface area contributed by atoms with Gasteiger partial charge in [0.2, 0.25) is 0 Å². The van der Waals surface area contributed by atoms with E-state index in [0.717, 1.165) is 25.3 Å². The van der Waals surface area contributed by atoms with E-state index in [2.05, 4.69) is 59.6 Å². The van der Waals surface area contributed by atoms with Gasteiger partial charge in [-0.3, -0.25) is 4.68 Å². The number of aromatic nitrogens is 3. The van der Waals surface area contributed by atoms with Crippen LogP contribution >= 0.6 is 0 Å². The highest BCUT2D eigenvalue weighted by Crippen LogP contribution is 2.51. The first-order valence-corrected chi connectivity index (χ1v) is 7.95. The van der Waals surface area contributed by atoms with E-state index < -0.39 is 0 Å². The molecule has 1 saturated carbocycles. The zero-order valence-corrected chi connectivity index (χ0v) is 12.9. The number of benzene rings is 1. The summed E-state index contributed by atoms with van der Waals surface area (Å²) < 4.78 is 2.01. The van der Waals surface area contributed by atoms with Crippen LogP contribution in [0.3, 0.4) is 0 Å². The molecule has 0 bridgehead atoms. The minimum Gasteiger partial charge on any atom is -0.313 e. The zero-order valence-electron chi connectivity index (χ0n) is 12.9. The molecule has 0 aliphatic heterocycles. The Balaban J connectivity index is 1.85. The maximum atomic E-state index is 4.46. The van der Waals surface area contributed by atoms with Gasteiger partial charge in [-0.25, -0.2) is 4.98 Å². The lowest BCUT2D eigenvalue weighted by Crippen LogP contribution is -2.42. The molecule has 1 aromatic carbocycles. The predicted octanol–water partition coefficient (Wildman–Crippen LogP) is 2.55. The molecule has 4 heteroatoms. The largest absolute Gasteiger partial charge is 0.313 e. The van der Waals surface area contributed by atoms with Crippen molar-refractivity contribution in [2.45, 2.75) is 51.1 Å². The van der Waals surface area contributed by atoms with Crippen LogP contribution in [0.15, 0.2) is 36.7 Å². The Bertz CT molecular complexity index is 571. The number of rotatable bonds is 7. The van der Waals surface area contributed by atoms with Gasteiger partial charge in [-0.05, 0) is 31.9 Å². The Hall–Kier alpha value is -1.68. The minimum atomic E-state index is 0.280. The van der Waals surface area contributed by atoms with Crippen molar-refractivity contribution >= 4 is 0 Å². The first-order valence-electron chi connectivity index (χ1n) is 7.95. The van der Waals surface area contributed by atoms with Gasteiger partial charge in [-0.1, -0.05) is 37.3 Å². The van der Waals surface area contributed by atoms with Gasteiger partial charge < -0.3 is 5.32 Å². The molecule has 0 saturated heterocycles. The van der Waals surface area contributed by atoms with E-state index in [1.165, 1.54) is 18.4 Å². The number of hydrogen-bond acceptors (Lipinski definition) is 3. The molecule has 1 heterocycles. The van der Waals surface area contributed by atoms with Crippen molar-refractivity contribution in [2.75, 3.05) is 6.54 Å². The summed E-state index contributed by atoms with van der Waals surface area (Å²) >= 11 is 0. The smallest absolute Gasteiger partial charge is 0.138 e. The average Bonchev–Trinajstić information content (AvgIpc) is 3.22. The summed E-state index contributed by atoms with van der Waals surface area (Å²) in [5.41, 5.74) is 1.74. The molecule has 4 nitrogen and oxygen atoms in total. The predicted molar refractivity (Wildman–Crippen MR) is 84.2 cm³/mol. The van der Waals surface area contributed by atoms with E-state index in [1.807, 2.05) is 4.68 Å². The van der Waals surface area contributed by atoms with E-state index in [0.29, 0.717) is 6.04 Å². The van der Waals surface area contributed by atoms with Crippen LogP contribution in [0.4, 0.5) is 0 Å². The first kappa shape index (κ1) is 14.3. The highest BCUT2D eigenvalue weighted by Gasteiger charge is 2.50. The molecule has 1 aliphatic rings. The van der Waals surface area contributed by atoms with Gasteiger partial charge in [0.15, 0.2) is 0 Å². The van der Waals surface area contributed by atoms with Crippen molar-refractivity contribution in [3.05, 3.63) is 48.0 Å². The van der Waals surface area contributed by atoms with Crippen LogP contribution in [0, 0.1) is 0 Å². The minimum absolute atomic E-state index is 0.280. The van der Waals surface area contributed by atoms with Gasteiger partial charge in [-0.15, -0.1) is 0 Å². The Labute approximate surface area is 126 Å². The molecule has 1 unspecified atom stereocenters. The molecule has 3 rings (SSSR count). The molecule has 112 valence electrons. The number of nitrogens with one attached hydrogen (secondary N) is 1. The van der Waals surface area contributed by atoms with Crippen LogP contribution in [0.5, 0.6) is 0 Å². The summed E-state index contributed by atoms with van der Waals surface area (Å²) in [5, 5.41) is 7.99. The van der Waals surface area contributed by atoms with Gasteiger partial charge in [-0.2, -0.15) is 5.10 Å². The molecule has 1 aliphatic carbocycles. The molecule has 0 amide bonds. The first-order chi connectivity index (χ1) is 10.3. The molecule has 21 heavy (non-hydrogen) atoms. The summed E-state index contributed by atoms with van der Waals surface area (Å²) in [5.74, 6) is 1.09. The lowest BCUT2D eigenvalue weighted by molar-refractivity contribution is 0.406. The molecule has 1 atom stereocenters. The van der Waals surface area contributed by atoms with E-state index in [9.17, 15) is 0 Å². The maximum absolute atomic E-state index is 4.46. The number of aryl methyl sites for hydroxylation is 1. The molecule has 1 N–H and O–H groups in total. The number of nitrogens with zero attached hydrogens (tertiary/aromatic N) is 3. The van der Waals surface area contributed by atoms with Crippen molar-refractivity contribution in [2.24, 2.45) is 0 Å². The molecule has 1 fully saturated rings. The second kappa shape index (κ2) is 5.98. The third-order valence-electron chi connectivity index (χ3n) is 4.64. The number of likely N-dealkylation sites (N-methyl/N-ethyl adjacent to an activating group) is 1. The second-order valence-corrected chi connectivity index (χ2v) is 5.83. The van der Waals surface area contributed by atoms with Crippen LogP contribution < -0.4 is 5.32 Å². The van der Waals surface area contributed by atoms with Crippen LogP contribution in [0.1, 0.15) is 38.1 Å². The summed E-state index contributed by atoms with van der Waals surface area (Å²) in [6, 6.07) is 11.3. The van der Waals surface area contributed by atoms with E-state index in [4.69, 9.17) is 0 Å². The van der Waals surface area contributed by atoms with Crippen molar-refractivity contribution in [3.8, 4) is 0 Å². The summed E-state index contributed by atoms with van der Waals surface area (Å²) in [4.78, 5) is 4.46. The van der Waals surface area contributed by atoms with E-state index in [-0.39, 0.29) is 5.41 Å². The van der Waals surface area contributed by atoms with E-state index in [1.54, 1.807) is 6.33 Å². The third-order valence-corrected chi connectivity index (χ3v) is 4.64. The second-order valence-electron chi connectivity index (χ2n) is 5.83. The van der Waals surface area contributed by atoms with Crippen molar-refractivity contribution < 1.29 is 0 Å². The highest BCUT2D eigenvalue weighted by atomic mass is 15.3. The fourth-order valence-corrected chi connectivity index (χ4v) is 3.35. The molecular formula is C17H24N4. The van der Waals surface area contributed by atoms with Gasteiger partial charge in [0, 0.05) is 24.4 Å². The van der Waals surface area contributed by atoms with Crippen LogP contribution in [-0.2, 0) is 18.4 Å². The Kier molecular flexibility index (Phi) is 4.06. The Morgan fingerprint density at radius 1 is 1.24 bits per heavy atom. The lowest BCUT2D eigenvalue weighted by atomic mass is 9.86. The summed E-state index contributed by atoms with van der Waals surface area (Å²) in [6.45, 7) is 6.16. The standard InChI is InChI=1S/C17H24N4/c1-3-18-15(12-16-19-13-20-21(16)4-2)17(10-11-17)14-8-6-5-7-9-14/h5-9,13,15,18H,3-4,10-12H2,1-2H3. The van der Waals surface area contributed by atoms with Gasteiger partial charge in [0.05, 0.1) is 0 Å². The summed E-state index contributed by atoms with van der Waals surface area (Å²) in [6.07, 6.45) is 5.13. The fourth-order valence-electron chi connectivity index (χ4n) is 3.35. The molecule has 0 spiro atoms. The van der Waals surface area contributed by atoms with Gasteiger partial charge in [0.1, 0.15) is 12.2 Å². The number of hydrogen-bond donors (Lipinski definition) is 1. The average molecular weight is 284 g/mol. The monoisotopic (exact) mass is 284 g/mol. The topological polar surface area (TPSA) is 42.7 Å². The van der Waals surface area contributed by atoms with Crippen LogP contribution in [-0.4, -0.2) is 27.4 Å². The SMILES string of the molecule is CCNC(Cc1ncnn1CC)C1(c2ccccc2)CC1. The van der Waals surface area contributed by atoms with Crippen LogP contribution in [0.2, 0.25) is 0 Å².